The summed E-state index contributed by atoms with van der Waals surface area (Å²) in [5.41, 5.74) is -1.85. The molecule has 1 aromatic heterocycles. The fraction of sp³-hybridized carbons (Fsp3) is 0.238. The first-order chi connectivity index (χ1) is 16.6. The standard InChI is InChI=1S/C21H16F5N5O4/c1-34-18-7-14(23)17(31(32)33)8-15(18)29-19-9-20(28-10-27-19)30-16(2-3-35-30)11-4-12(21(24,25)26)6-13(22)5-11/h4-10,16H,2-3H2,1H3,(H,27,28,29)/t16-/m1/s1. The lowest BCUT2D eigenvalue weighted by molar-refractivity contribution is -0.387. The Bertz CT molecular complexity index is 1270. The van der Waals surface area contributed by atoms with Crippen LogP contribution < -0.4 is 15.1 Å². The van der Waals surface area contributed by atoms with Crippen LogP contribution in [0.15, 0.2) is 42.7 Å². The van der Waals surface area contributed by atoms with Crippen LogP contribution in [0.4, 0.5) is 45.0 Å². The van der Waals surface area contributed by atoms with Crippen molar-refractivity contribution < 1.29 is 36.4 Å². The molecule has 0 radical (unpaired) electrons. The topological polar surface area (TPSA) is 103 Å². The number of nitro benzene ring substituents is 1. The normalized spacial score (nSPS) is 15.8. The second kappa shape index (κ2) is 9.29. The third-order valence-electron chi connectivity index (χ3n) is 5.14. The predicted molar refractivity (Wildman–Crippen MR) is 112 cm³/mol. The SMILES string of the molecule is COc1cc(F)c([N+](=O)[O-])cc1Nc1cc(N2OCC[C@@H]2c2cc(F)cc(C(F)(F)F)c2)ncn1. The predicted octanol–water partition coefficient (Wildman–Crippen LogP) is 5.32. The Morgan fingerprint density at radius 3 is 2.63 bits per heavy atom. The summed E-state index contributed by atoms with van der Waals surface area (Å²) in [5, 5.41) is 15.1. The monoisotopic (exact) mass is 497 g/mol. The minimum atomic E-state index is -4.73. The number of methoxy groups -OCH3 is 1. The summed E-state index contributed by atoms with van der Waals surface area (Å²) < 4.78 is 72.4. The smallest absolute Gasteiger partial charge is 0.416 e. The van der Waals surface area contributed by atoms with Gasteiger partial charge in [0.25, 0.3) is 0 Å². The van der Waals surface area contributed by atoms with E-state index in [0.29, 0.717) is 6.07 Å². The maximum Gasteiger partial charge on any atom is 0.416 e. The number of nitrogens with zero attached hydrogens (tertiary/aromatic N) is 4. The van der Waals surface area contributed by atoms with Gasteiger partial charge in [0.1, 0.15) is 23.7 Å². The first-order valence-electron chi connectivity index (χ1n) is 9.97. The molecular weight excluding hydrogens is 481 g/mol. The molecule has 9 nitrogen and oxygen atoms in total. The van der Waals surface area contributed by atoms with Gasteiger partial charge in [-0.3, -0.25) is 15.0 Å². The lowest BCUT2D eigenvalue weighted by Gasteiger charge is -2.24. The van der Waals surface area contributed by atoms with Gasteiger partial charge in [-0.25, -0.2) is 19.4 Å². The van der Waals surface area contributed by atoms with Crippen molar-refractivity contribution in [1.29, 1.82) is 0 Å². The van der Waals surface area contributed by atoms with E-state index in [1.165, 1.54) is 18.2 Å². The number of nitro groups is 1. The number of hydrogen-bond donors (Lipinski definition) is 1. The molecule has 3 aromatic rings. The Balaban J connectivity index is 1.65. The molecule has 4 rings (SSSR count). The minimum Gasteiger partial charge on any atom is -0.494 e. The molecule has 0 aliphatic carbocycles. The molecule has 0 spiro atoms. The molecule has 1 saturated heterocycles. The van der Waals surface area contributed by atoms with Crippen molar-refractivity contribution in [2.75, 3.05) is 24.1 Å². The molecule has 184 valence electrons. The van der Waals surface area contributed by atoms with Gasteiger partial charge in [-0.1, -0.05) is 0 Å². The highest BCUT2D eigenvalue weighted by Gasteiger charge is 2.35. The molecular formula is C21H16F5N5O4. The molecule has 35 heavy (non-hydrogen) atoms. The third kappa shape index (κ3) is 5.06. The Hall–Kier alpha value is -4.07. The average molecular weight is 497 g/mol. The summed E-state index contributed by atoms with van der Waals surface area (Å²) in [6, 6.07) is 4.59. The van der Waals surface area contributed by atoms with Crippen molar-refractivity contribution in [2.45, 2.75) is 18.6 Å². The van der Waals surface area contributed by atoms with Crippen LogP contribution in [-0.4, -0.2) is 28.6 Å². The van der Waals surface area contributed by atoms with E-state index < -0.39 is 40.0 Å². The molecule has 0 saturated carbocycles. The number of anilines is 3. The second-order valence-electron chi connectivity index (χ2n) is 7.38. The second-order valence-corrected chi connectivity index (χ2v) is 7.38. The van der Waals surface area contributed by atoms with Crippen LogP contribution >= 0.6 is 0 Å². The Morgan fingerprint density at radius 2 is 1.94 bits per heavy atom. The molecule has 1 fully saturated rings. The van der Waals surface area contributed by atoms with Gasteiger partial charge in [0.05, 0.1) is 35.9 Å². The van der Waals surface area contributed by atoms with Crippen LogP contribution in [0.1, 0.15) is 23.6 Å². The van der Waals surface area contributed by atoms with E-state index >= 15 is 0 Å². The Kier molecular flexibility index (Phi) is 6.39. The van der Waals surface area contributed by atoms with Crippen LogP contribution in [0.2, 0.25) is 0 Å². The van der Waals surface area contributed by atoms with Gasteiger partial charge in [-0.15, -0.1) is 0 Å². The van der Waals surface area contributed by atoms with Crippen molar-refractivity contribution in [3.8, 4) is 5.75 Å². The van der Waals surface area contributed by atoms with Gasteiger partial charge in [0, 0.05) is 24.6 Å². The summed E-state index contributed by atoms with van der Waals surface area (Å²) in [6.07, 6.45) is -3.36. The highest BCUT2D eigenvalue weighted by molar-refractivity contribution is 5.69. The quantitative estimate of drug-likeness (QED) is 0.278. The maximum atomic E-state index is 14.0. The van der Waals surface area contributed by atoms with E-state index in [1.807, 2.05) is 0 Å². The van der Waals surface area contributed by atoms with E-state index in [2.05, 4.69) is 15.3 Å². The molecule has 2 heterocycles. The van der Waals surface area contributed by atoms with E-state index in [4.69, 9.17) is 9.57 Å². The highest BCUT2D eigenvalue weighted by Crippen LogP contribution is 2.39. The van der Waals surface area contributed by atoms with Crippen molar-refractivity contribution >= 4 is 23.0 Å². The van der Waals surface area contributed by atoms with Crippen LogP contribution in [-0.2, 0) is 11.0 Å². The highest BCUT2D eigenvalue weighted by atomic mass is 19.4. The number of hydrogen-bond acceptors (Lipinski definition) is 8. The summed E-state index contributed by atoms with van der Waals surface area (Å²) >= 11 is 0. The van der Waals surface area contributed by atoms with Gasteiger partial charge >= 0.3 is 11.9 Å². The minimum absolute atomic E-state index is 0.0316. The van der Waals surface area contributed by atoms with Crippen molar-refractivity contribution in [2.24, 2.45) is 0 Å². The van der Waals surface area contributed by atoms with Gasteiger partial charge < -0.3 is 10.1 Å². The van der Waals surface area contributed by atoms with Crippen molar-refractivity contribution in [1.82, 2.24) is 9.97 Å². The molecule has 14 heteroatoms. The first kappa shape index (κ1) is 24.1. The first-order valence-corrected chi connectivity index (χ1v) is 9.97. The van der Waals surface area contributed by atoms with Gasteiger partial charge in [-0.05, 0) is 23.8 Å². The van der Waals surface area contributed by atoms with Crippen LogP contribution in [0.3, 0.4) is 0 Å². The Morgan fingerprint density at radius 1 is 1.17 bits per heavy atom. The average Bonchev–Trinajstić information content (AvgIpc) is 3.29. The largest absolute Gasteiger partial charge is 0.494 e. The number of rotatable bonds is 6. The number of nitrogens with one attached hydrogen (secondary N) is 1. The van der Waals surface area contributed by atoms with Gasteiger partial charge in [0.2, 0.25) is 5.82 Å². The number of alkyl halides is 3. The zero-order valence-corrected chi connectivity index (χ0v) is 17.8. The lowest BCUT2D eigenvalue weighted by atomic mass is 10.0. The summed E-state index contributed by atoms with van der Waals surface area (Å²) in [4.78, 5) is 23.8. The number of ether oxygens (including phenoxy) is 1. The van der Waals surface area contributed by atoms with E-state index in [-0.39, 0.29) is 41.7 Å². The number of benzene rings is 2. The van der Waals surface area contributed by atoms with Gasteiger partial charge in [-0.2, -0.15) is 17.6 Å². The van der Waals surface area contributed by atoms with Crippen LogP contribution in [0.25, 0.3) is 0 Å². The van der Waals surface area contributed by atoms with Crippen molar-refractivity contribution in [3.05, 3.63) is 75.6 Å². The summed E-state index contributed by atoms with van der Waals surface area (Å²) in [6.45, 7) is 0.132. The molecule has 1 aliphatic rings. The molecule has 0 bridgehead atoms. The molecule has 0 unspecified atom stereocenters. The molecule has 1 N–H and O–H groups in total. The van der Waals surface area contributed by atoms with Crippen LogP contribution in [0.5, 0.6) is 5.75 Å². The summed E-state index contributed by atoms with van der Waals surface area (Å²) in [5.74, 6) is -1.96. The summed E-state index contributed by atoms with van der Waals surface area (Å²) in [7, 11) is 1.24. The molecule has 2 aromatic carbocycles. The molecule has 1 aliphatic heterocycles. The lowest BCUT2D eigenvalue weighted by Crippen LogP contribution is -2.23. The fourth-order valence-corrected chi connectivity index (χ4v) is 3.59. The number of hydroxylamine groups is 1. The zero-order chi connectivity index (χ0) is 25.3. The third-order valence-corrected chi connectivity index (χ3v) is 5.14. The van der Waals surface area contributed by atoms with Crippen molar-refractivity contribution in [3.63, 3.8) is 0 Å². The van der Waals surface area contributed by atoms with E-state index in [0.717, 1.165) is 30.6 Å². The maximum absolute atomic E-state index is 14.0. The Labute approximate surface area is 194 Å². The van der Waals surface area contributed by atoms with Gasteiger partial charge in [0.15, 0.2) is 5.82 Å². The zero-order valence-electron chi connectivity index (χ0n) is 17.8. The molecule has 1 atom stereocenters. The molecule has 0 amide bonds. The van der Waals surface area contributed by atoms with Crippen LogP contribution in [0, 0.1) is 21.7 Å². The fourth-order valence-electron chi connectivity index (χ4n) is 3.59. The van der Waals surface area contributed by atoms with E-state index in [9.17, 15) is 32.1 Å². The van der Waals surface area contributed by atoms with E-state index in [1.54, 1.807) is 0 Å². The number of aromatic nitrogens is 2. The number of halogens is 5.